The van der Waals surface area contributed by atoms with Gasteiger partial charge in [-0.15, -0.1) is 27.5 Å². The third kappa shape index (κ3) is 3.14. The fourth-order valence-corrected chi connectivity index (χ4v) is 5.30. The Labute approximate surface area is 162 Å². The number of hydrogen-bond acceptors (Lipinski definition) is 0. The van der Waals surface area contributed by atoms with Crippen molar-refractivity contribution in [3.63, 3.8) is 0 Å². The van der Waals surface area contributed by atoms with Crippen LogP contribution in [0.25, 0.3) is 10.8 Å². The molecule has 0 saturated heterocycles. The molecule has 0 spiro atoms. The van der Waals surface area contributed by atoms with Gasteiger partial charge in [-0.2, -0.15) is 5.56 Å². The number of hydrogen-bond donors (Lipinski definition) is 0. The van der Waals surface area contributed by atoms with Crippen molar-refractivity contribution < 1.29 is 0 Å². The van der Waals surface area contributed by atoms with Gasteiger partial charge in [0.05, 0.1) is 0 Å². The third-order valence-electron chi connectivity index (χ3n) is 8.71. The van der Waals surface area contributed by atoms with Crippen molar-refractivity contribution in [1.29, 1.82) is 0 Å². The summed E-state index contributed by atoms with van der Waals surface area (Å²) in [6.07, 6.45) is 0. The molecule has 0 unspecified atom stereocenters. The van der Waals surface area contributed by atoms with Crippen molar-refractivity contribution in [3.8, 4) is 0 Å². The quantitative estimate of drug-likeness (QED) is 0.422. The van der Waals surface area contributed by atoms with E-state index >= 15 is 0 Å². The van der Waals surface area contributed by atoms with E-state index in [2.05, 4.69) is 83.1 Å². The van der Waals surface area contributed by atoms with E-state index in [1.165, 1.54) is 49.7 Å². The largest absolute Gasteiger partial charge is 0.153 e. The van der Waals surface area contributed by atoms with E-state index in [0.29, 0.717) is 0 Å². The van der Waals surface area contributed by atoms with Crippen molar-refractivity contribution in [2.24, 2.45) is 29.6 Å². The van der Waals surface area contributed by atoms with Crippen LogP contribution in [0, 0.1) is 78.1 Å². The van der Waals surface area contributed by atoms with Crippen LogP contribution in [0.15, 0.2) is 0 Å². The van der Waals surface area contributed by atoms with Gasteiger partial charge in [0.1, 0.15) is 0 Å². The van der Waals surface area contributed by atoms with E-state index < -0.39 is 0 Å². The standard InChI is InChI=1S/C16H21.C10H20/c1-8-9(2)12(5)16-14(7)10(3)13(6)15(16)11(8)4;1-6-7(2)9(4)10(5)8(6)3/h1-7H3;6-10H,1-5H3/q-1;. The van der Waals surface area contributed by atoms with Gasteiger partial charge in [0.2, 0.25) is 0 Å². The molecule has 1 aliphatic rings. The molecule has 0 amide bonds. The topological polar surface area (TPSA) is 0 Å². The summed E-state index contributed by atoms with van der Waals surface area (Å²) in [5.41, 5.74) is 10.2. The van der Waals surface area contributed by atoms with Crippen molar-refractivity contribution in [2.75, 3.05) is 0 Å². The summed E-state index contributed by atoms with van der Waals surface area (Å²) in [5.74, 6) is 4.68. The molecule has 0 heterocycles. The molecule has 0 nitrogen and oxygen atoms in total. The molecular formula is C26H41-. The number of benzene rings is 1. The molecule has 0 radical (unpaired) electrons. The first-order chi connectivity index (χ1) is 11.9. The van der Waals surface area contributed by atoms with Crippen LogP contribution in [0.4, 0.5) is 0 Å². The summed E-state index contributed by atoms with van der Waals surface area (Å²) in [7, 11) is 0. The summed E-state index contributed by atoms with van der Waals surface area (Å²) in [4.78, 5) is 0. The molecule has 0 aromatic heterocycles. The fourth-order valence-electron chi connectivity index (χ4n) is 5.30. The van der Waals surface area contributed by atoms with Crippen LogP contribution in [-0.4, -0.2) is 0 Å². The predicted molar refractivity (Wildman–Crippen MR) is 119 cm³/mol. The van der Waals surface area contributed by atoms with Crippen molar-refractivity contribution >= 4 is 10.8 Å². The molecule has 1 aliphatic carbocycles. The first-order valence-corrected chi connectivity index (χ1v) is 10.6. The van der Waals surface area contributed by atoms with Gasteiger partial charge < -0.3 is 0 Å². The molecule has 2 aromatic carbocycles. The highest BCUT2D eigenvalue weighted by Crippen LogP contribution is 2.44. The molecule has 3 rings (SSSR count). The first-order valence-electron chi connectivity index (χ1n) is 10.6. The summed E-state index contributed by atoms with van der Waals surface area (Å²) in [6, 6.07) is 0. The zero-order valence-corrected chi connectivity index (χ0v) is 19.4. The second-order valence-corrected chi connectivity index (χ2v) is 9.42. The van der Waals surface area contributed by atoms with Crippen LogP contribution in [0.2, 0.25) is 0 Å². The maximum Gasteiger partial charge on any atom is -0.0386 e. The molecule has 0 bridgehead atoms. The minimum absolute atomic E-state index is 0.935. The van der Waals surface area contributed by atoms with Crippen LogP contribution >= 0.6 is 0 Å². The lowest BCUT2D eigenvalue weighted by Gasteiger charge is -2.19. The van der Waals surface area contributed by atoms with Gasteiger partial charge >= 0.3 is 0 Å². The van der Waals surface area contributed by atoms with E-state index in [1.807, 2.05) is 0 Å². The van der Waals surface area contributed by atoms with E-state index in [9.17, 15) is 0 Å². The maximum absolute atomic E-state index is 2.40. The van der Waals surface area contributed by atoms with E-state index in [1.54, 1.807) is 0 Å². The smallest absolute Gasteiger partial charge is 0.0386 e. The van der Waals surface area contributed by atoms with Crippen LogP contribution in [0.5, 0.6) is 0 Å². The molecule has 1 fully saturated rings. The minimum atomic E-state index is 0.935. The lowest BCUT2D eigenvalue weighted by atomic mass is 9.92. The van der Waals surface area contributed by atoms with Gasteiger partial charge in [-0.3, -0.25) is 0 Å². The second kappa shape index (κ2) is 7.45. The fraction of sp³-hybridized carbons (Fsp3) is 0.654. The summed E-state index contributed by atoms with van der Waals surface area (Å²) < 4.78 is 0. The number of fused-ring (bicyclic) bond motifs is 1. The molecule has 0 aliphatic heterocycles. The average Bonchev–Trinajstić information content (AvgIpc) is 2.94. The van der Waals surface area contributed by atoms with Crippen LogP contribution in [-0.2, 0) is 0 Å². The number of aryl methyl sites for hydroxylation is 4. The van der Waals surface area contributed by atoms with Crippen LogP contribution in [0.3, 0.4) is 0 Å². The van der Waals surface area contributed by atoms with Crippen molar-refractivity contribution in [1.82, 2.24) is 0 Å². The third-order valence-corrected chi connectivity index (χ3v) is 8.71. The Balaban J connectivity index is 0.000000209. The molecule has 1 saturated carbocycles. The van der Waals surface area contributed by atoms with E-state index in [-0.39, 0.29) is 0 Å². The zero-order chi connectivity index (χ0) is 20.1. The highest BCUT2D eigenvalue weighted by atomic mass is 14.4. The maximum atomic E-state index is 2.40. The molecule has 0 N–H and O–H groups in total. The molecule has 146 valence electrons. The highest BCUT2D eigenvalue weighted by molar-refractivity contribution is 5.99. The molecule has 2 aromatic rings. The lowest BCUT2D eigenvalue weighted by molar-refractivity contribution is 0.352. The monoisotopic (exact) mass is 353 g/mol. The van der Waals surface area contributed by atoms with Crippen molar-refractivity contribution in [2.45, 2.75) is 83.1 Å². The van der Waals surface area contributed by atoms with Gasteiger partial charge in [-0.1, -0.05) is 79.0 Å². The van der Waals surface area contributed by atoms with Crippen molar-refractivity contribution in [3.05, 3.63) is 38.9 Å². The van der Waals surface area contributed by atoms with Gasteiger partial charge in [-0.05, 0) is 50.4 Å². The Kier molecular flexibility index (Phi) is 6.06. The van der Waals surface area contributed by atoms with Gasteiger partial charge in [0, 0.05) is 0 Å². The summed E-state index contributed by atoms with van der Waals surface area (Å²) >= 11 is 0. The lowest BCUT2D eigenvalue weighted by Crippen LogP contribution is -2.07. The SMILES string of the molecule is CC1C(C)C(C)C(C)C1C.Cc1c(C)c(C)c2c(c1C)c(C)c(C)[c-]2C. The summed E-state index contributed by atoms with van der Waals surface area (Å²) in [5, 5.41) is 2.99. The van der Waals surface area contributed by atoms with E-state index in [0.717, 1.165) is 29.6 Å². The molecular weight excluding hydrogens is 312 g/mol. The van der Waals surface area contributed by atoms with Crippen LogP contribution in [0.1, 0.15) is 73.6 Å². The predicted octanol–water partition coefficient (Wildman–Crippen LogP) is 7.90. The van der Waals surface area contributed by atoms with Gasteiger partial charge in [0.25, 0.3) is 0 Å². The van der Waals surface area contributed by atoms with Gasteiger partial charge in [-0.25, -0.2) is 0 Å². The molecule has 26 heavy (non-hydrogen) atoms. The number of rotatable bonds is 0. The highest BCUT2D eigenvalue weighted by Gasteiger charge is 2.38. The van der Waals surface area contributed by atoms with Gasteiger partial charge in [0.15, 0.2) is 0 Å². The second-order valence-electron chi connectivity index (χ2n) is 9.42. The Hall–Kier alpha value is -1.17. The Morgan fingerprint density at radius 1 is 0.500 bits per heavy atom. The Morgan fingerprint density at radius 2 is 0.846 bits per heavy atom. The Bertz CT molecular complexity index is 706. The van der Waals surface area contributed by atoms with E-state index in [4.69, 9.17) is 0 Å². The summed E-state index contributed by atoms with van der Waals surface area (Å²) in [6.45, 7) is 27.8. The Morgan fingerprint density at radius 3 is 1.23 bits per heavy atom. The minimum Gasteiger partial charge on any atom is -0.153 e. The normalized spacial score (nSPS) is 28.4. The molecule has 0 atom stereocenters. The molecule has 0 heteroatoms. The average molecular weight is 354 g/mol. The first kappa shape index (κ1) is 21.1. The zero-order valence-electron chi connectivity index (χ0n) is 19.4. The van der Waals surface area contributed by atoms with Crippen LogP contribution < -0.4 is 0 Å².